The maximum absolute atomic E-state index is 4.24. The number of nitrogens with zero attached hydrogens (tertiary/aromatic N) is 1. The van der Waals surface area contributed by atoms with Gasteiger partial charge in [0.15, 0.2) is 0 Å². The SMILES string of the molecule is CCc1ncc(CNC(C)(C)C)[nH]1. The van der Waals surface area contributed by atoms with E-state index >= 15 is 0 Å². The van der Waals surface area contributed by atoms with Crippen molar-refractivity contribution in [1.29, 1.82) is 0 Å². The molecule has 0 saturated heterocycles. The van der Waals surface area contributed by atoms with Crippen molar-refractivity contribution < 1.29 is 0 Å². The number of rotatable bonds is 3. The lowest BCUT2D eigenvalue weighted by Gasteiger charge is -2.19. The molecule has 0 aliphatic heterocycles. The Bertz CT molecular complexity index is 257. The third kappa shape index (κ3) is 3.59. The van der Waals surface area contributed by atoms with Crippen LogP contribution >= 0.6 is 0 Å². The number of H-pyrrole nitrogens is 1. The highest BCUT2D eigenvalue weighted by Crippen LogP contribution is 2.02. The largest absolute Gasteiger partial charge is 0.345 e. The lowest BCUT2D eigenvalue weighted by atomic mass is 10.1. The summed E-state index contributed by atoms with van der Waals surface area (Å²) in [6.45, 7) is 9.43. The van der Waals surface area contributed by atoms with E-state index in [9.17, 15) is 0 Å². The van der Waals surface area contributed by atoms with Crippen LogP contribution in [-0.4, -0.2) is 15.5 Å². The molecule has 1 aromatic rings. The number of imidazole rings is 1. The van der Waals surface area contributed by atoms with E-state index in [0.717, 1.165) is 24.5 Å². The summed E-state index contributed by atoms with van der Waals surface area (Å²) in [5, 5.41) is 3.40. The minimum atomic E-state index is 0.164. The van der Waals surface area contributed by atoms with Crippen LogP contribution in [0.15, 0.2) is 6.20 Å². The van der Waals surface area contributed by atoms with Crippen molar-refractivity contribution in [2.75, 3.05) is 0 Å². The van der Waals surface area contributed by atoms with E-state index in [1.807, 2.05) is 6.20 Å². The molecule has 1 rings (SSSR count). The molecule has 0 bridgehead atoms. The van der Waals surface area contributed by atoms with Gasteiger partial charge in [0.1, 0.15) is 5.82 Å². The lowest BCUT2D eigenvalue weighted by molar-refractivity contribution is 0.421. The van der Waals surface area contributed by atoms with Gasteiger partial charge in [-0.25, -0.2) is 4.98 Å². The second kappa shape index (κ2) is 3.92. The molecule has 0 aromatic carbocycles. The van der Waals surface area contributed by atoms with Gasteiger partial charge in [0, 0.05) is 30.4 Å². The van der Waals surface area contributed by atoms with Crippen molar-refractivity contribution in [2.24, 2.45) is 0 Å². The molecular weight excluding hydrogens is 162 g/mol. The fourth-order valence-electron chi connectivity index (χ4n) is 1.04. The number of aromatic nitrogens is 2. The standard InChI is InChI=1S/C10H19N3/c1-5-9-11-6-8(13-9)7-12-10(2,3)4/h6,12H,5,7H2,1-4H3,(H,11,13). The maximum atomic E-state index is 4.24. The summed E-state index contributed by atoms with van der Waals surface area (Å²) in [5.41, 5.74) is 1.32. The van der Waals surface area contributed by atoms with E-state index in [4.69, 9.17) is 0 Å². The third-order valence-corrected chi connectivity index (χ3v) is 1.83. The first-order valence-corrected chi connectivity index (χ1v) is 4.79. The number of aromatic amines is 1. The molecule has 0 radical (unpaired) electrons. The van der Waals surface area contributed by atoms with Crippen LogP contribution in [0.1, 0.15) is 39.2 Å². The Hall–Kier alpha value is -0.830. The average Bonchev–Trinajstić information content (AvgIpc) is 2.47. The molecule has 13 heavy (non-hydrogen) atoms. The van der Waals surface area contributed by atoms with E-state index in [1.165, 1.54) is 0 Å². The Kier molecular flexibility index (Phi) is 3.09. The molecule has 3 heteroatoms. The van der Waals surface area contributed by atoms with Crippen molar-refractivity contribution in [3.05, 3.63) is 17.7 Å². The number of hydrogen-bond donors (Lipinski definition) is 2. The molecule has 2 N–H and O–H groups in total. The molecule has 74 valence electrons. The number of nitrogens with one attached hydrogen (secondary N) is 2. The van der Waals surface area contributed by atoms with E-state index in [-0.39, 0.29) is 5.54 Å². The van der Waals surface area contributed by atoms with Crippen molar-refractivity contribution >= 4 is 0 Å². The highest BCUT2D eigenvalue weighted by atomic mass is 15.0. The second-order valence-electron chi connectivity index (χ2n) is 4.31. The maximum Gasteiger partial charge on any atom is 0.105 e. The summed E-state index contributed by atoms with van der Waals surface area (Å²) in [4.78, 5) is 7.50. The van der Waals surface area contributed by atoms with Crippen LogP contribution in [0, 0.1) is 0 Å². The quantitative estimate of drug-likeness (QED) is 0.747. The van der Waals surface area contributed by atoms with Gasteiger partial charge < -0.3 is 10.3 Å². The van der Waals surface area contributed by atoms with Gasteiger partial charge in [-0.1, -0.05) is 6.92 Å². The Morgan fingerprint density at radius 3 is 2.62 bits per heavy atom. The second-order valence-corrected chi connectivity index (χ2v) is 4.31. The monoisotopic (exact) mass is 181 g/mol. The Balaban J connectivity index is 2.46. The highest BCUT2D eigenvalue weighted by molar-refractivity contribution is 5.01. The summed E-state index contributed by atoms with van der Waals surface area (Å²) >= 11 is 0. The van der Waals surface area contributed by atoms with Crippen molar-refractivity contribution in [2.45, 2.75) is 46.2 Å². The van der Waals surface area contributed by atoms with Gasteiger partial charge in [0.2, 0.25) is 0 Å². The van der Waals surface area contributed by atoms with Gasteiger partial charge in [-0.2, -0.15) is 0 Å². The minimum absolute atomic E-state index is 0.164. The van der Waals surface area contributed by atoms with Crippen LogP contribution in [0.25, 0.3) is 0 Å². The van der Waals surface area contributed by atoms with Crippen LogP contribution in [-0.2, 0) is 13.0 Å². The molecule has 0 fully saturated rings. The molecule has 0 aliphatic rings. The number of aryl methyl sites for hydroxylation is 1. The fourth-order valence-corrected chi connectivity index (χ4v) is 1.04. The predicted octanol–water partition coefficient (Wildman–Crippen LogP) is 1.86. The summed E-state index contributed by atoms with van der Waals surface area (Å²) in [6, 6.07) is 0. The number of hydrogen-bond acceptors (Lipinski definition) is 2. The van der Waals surface area contributed by atoms with Gasteiger partial charge in [0.25, 0.3) is 0 Å². The zero-order valence-electron chi connectivity index (χ0n) is 8.94. The molecule has 0 unspecified atom stereocenters. The Morgan fingerprint density at radius 2 is 2.15 bits per heavy atom. The van der Waals surface area contributed by atoms with E-state index < -0.39 is 0 Å². The van der Waals surface area contributed by atoms with E-state index in [1.54, 1.807) is 0 Å². The van der Waals surface area contributed by atoms with Crippen LogP contribution in [0.3, 0.4) is 0 Å². The van der Waals surface area contributed by atoms with Crippen LogP contribution in [0.4, 0.5) is 0 Å². The summed E-state index contributed by atoms with van der Waals surface area (Å²) in [5.74, 6) is 1.06. The molecule has 0 spiro atoms. The van der Waals surface area contributed by atoms with Crippen LogP contribution in [0.2, 0.25) is 0 Å². The van der Waals surface area contributed by atoms with E-state index in [0.29, 0.717) is 0 Å². The lowest BCUT2D eigenvalue weighted by Crippen LogP contribution is -2.35. The summed E-state index contributed by atoms with van der Waals surface area (Å²) < 4.78 is 0. The molecule has 3 nitrogen and oxygen atoms in total. The van der Waals surface area contributed by atoms with Crippen LogP contribution in [0.5, 0.6) is 0 Å². The van der Waals surface area contributed by atoms with Crippen molar-refractivity contribution in [3.63, 3.8) is 0 Å². The Morgan fingerprint density at radius 1 is 1.46 bits per heavy atom. The third-order valence-electron chi connectivity index (χ3n) is 1.83. The van der Waals surface area contributed by atoms with Gasteiger partial charge in [-0.15, -0.1) is 0 Å². The molecule has 1 aromatic heterocycles. The molecule has 0 amide bonds. The zero-order valence-corrected chi connectivity index (χ0v) is 8.94. The summed E-state index contributed by atoms with van der Waals surface area (Å²) in [7, 11) is 0. The first kappa shape index (κ1) is 10.3. The molecule has 0 saturated carbocycles. The highest BCUT2D eigenvalue weighted by Gasteiger charge is 2.08. The normalized spacial score (nSPS) is 12.0. The minimum Gasteiger partial charge on any atom is -0.345 e. The van der Waals surface area contributed by atoms with Crippen molar-refractivity contribution in [3.8, 4) is 0 Å². The Labute approximate surface area is 80.0 Å². The predicted molar refractivity (Wildman–Crippen MR) is 54.6 cm³/mol. The first-order valence-electron chi connectivity index (χ1n) is 4.79. The van der Waals surface area contributed by atoms with Gasteiger partial charge in [-0.05, 0) is 20.8 Å². The molecule has 0 aliphatic carbocycles. The molecule has 0 atom stereocenters. The fraction of sp³-hybridized carbons (Fsp3) is 0.700. The van der Waals surface area contributed by atoms with Gasteiger partial charge in [-0.3, -0.25) is 0 Å². The van der Waals surface area contributed by atoms with Gasteiger partial charge in [0.05, 0.1) is 0 Å². The van der Waals surface area contributed by atoms with E-state index in [2.05, 4.69) is 43.0 Å². The van der Waals surface area contributed by atoms with Gasteiger partial charge >= 0.3 is 0 Å². The van der Waals surface area contributed by atoms with Crippen molar-refractivity contribution in [1.82, 2.24) is 15.3 Å². The smallest absolute Gasteiger partial charge is 0.105 e. The first-order chi connectivity index (χ1) is 6.01. The molecular formula is C10H19N3. The zero-order chi connectivity index (χ0) is 9.90. The molecule has 1 heterocycles. The van der Waals surface area contributed by atoms with Crippen LogP contribution < -0.4 is 5.32 Å². The topological polar surface area (TPSA) is 40.7 Å². The average molecular weight is 181 g/mol. The summed E-state index contributed by atoms with van der Waals surface area (Å²) in [6.07, 6.45) is 2.87.